The predicted molar refractivity (Wildman–Crippen MR) is 51.1 cm³/mol. The van der Waals surface area contributed by atoms with Crippen LogP contribution in [0.1, 0.15) is 24.6 Å². The van der Waals surface area contributed by atoms with Crippen LogP contribution < -0.4 is 5.32 Å². The SMILES string of the molecule is OCCc1noc(C2(O)CCNCC2)n1. The quantitative estimate of drug-likeness (QED) is 0.607. The Labute approximate surface area is 87.3 Å². The summed E-state index contributed by atoms with van der Waals surface area (Å²) in [5.41, 5.74) is -0.994. The van der Waals surface area contributed by atoms with Crippen LogP contribution >= 0.6 is 0 Å². The molecule has 1 aliphatic heterocycles. The number of nitrogens with one attached hydrogen (secondary N) is 1. The summed E-state index contributed by atoms with van der Waals surface area (Å²) in [5.74, 6) is 0.715. The van der Waals surface area contributed by atoms with Crippen LogP contribution in [0.5, 0.6) is 0 Å². The molecule has 0 unspecified atom stereocenters. The molecule has 1 fully saturated rings. The smallest absolute Gasteiger partial charge is 0.258 e. The minimum Gasteiger partial charge on any atom is -0.396 e. The minimum atomic E-state index is -0.994. The molecule has 0 saturated carbocycles. The lowest BCUT2D eigenvalue weighted by molar-refractivity contribution is -0.0228. The average molecular weight is 213 g/mol. The van der Waals surface area contributed by atoms with Crippen LogP contribution in [0.3, 0.4) is 0 Å². The maximum Gasteiger partial charge on any atom is 0.258 e. The molecule has 1 aliphatic rings. The van der Waals surface area contributed by atoms with E-state index < -0.39 is 5.60 Å². The fourth-order valence-electron chi connectivity index (χ4n) is 1.70. The van der Waals surface area contributed by atoms with Gasteiger partial charge in [0.05, 0.1) is 6.61 Å². The summed E-state index contributed by atoms with van der Waals surface area (Å²) < 4.78 is 5.01. The van der Waals surface area contributed by atoms with Gasteiger partial charge in [-0.15, -0.1) is 0 Å². The maximum atomic E-state index is 10.2. The molecular formula is C9H15N3O3. The summed E-state index contributed by atoms with van der Waals surface area (Å²) in [4.78, 5) is 4.08. The van der Waals surface area contributed by atoms with E-state index in [1.165, 1.54) is 0 Å². The van der Waals surface area contributed by atoms with Crippen molar-refractivity contribution in [3.8, 4) is 0 Å². The third-order valence-corrected chi connectivity index (χ3v) is 2.63. The number of piperidine rings is 1. The molecule has 0 aromatic carbocycles. The van der Waals surface area contributed by atoms with Crippen LogP contribution in [0.4, 0.5) is 0 Å². The fourth-order valence-corrected chi connectivity index (χ4v) is 1.70. The number of hydrogen-bond acceptors (Lipinski definition) is 6. The van der Waals surface area contributed by atoms with E-state index in [0.717, 1.165) is 13.1 Å². The zero-order valence-electron chi connectivity index (χ0n) is 8.44. The zero-order chi connectivity index (χ0) is 10.7. The first-order valence-corrected chi connectivity index (χ1v) is 5.12. The van der Waals surface area contributed by atoms with Crippen LogP contribution in [-0.2, 0) is 12.0 Å². The van der Waals surface area contributed by atoms with Crippen LogP contribution in [0.2, 0.25) is 0 Å². The van der Waals surface area contributed by atoms with E-state index in [0.29, 0.717) is 25.1 Å². The van der Waals surface area contributed by atoms with E-state index in [9.17, 15) is 5.11 Å². The third-order valence-electron chi connectivity index (χ3n) is 2.63. The lowest BCUT2D eigenvalue weighted by Crippen LogP contribution is -2.39. The zero-order valence-corrected chi connectivity index (χ0v) is 8.44. The molecule has 1 aromatic rings. The molecule has 2 heterocycles. The van der Waals surface area contributed by atoms with Gasteiger partial charge in [0.15, 0.2) is 5.82 Å². The van der Waals surface area contributed by atoms with Crippen LogP contribution in [0.15, 0.2) is 4.52 Å². The van der Waals surface area contributed by atoms with Crippen LogP contribution in [0, 0.1) is 0 Å². The topological polar surface area (TPSA) is 91.4 Å². The van der Waals surface area contributed by atoms with E-state index in [1.54, 1.807) is 0 Å². The second-order valence-electron chi connectivity index (χ2n) is 3.77. The minimum absolute atomic E-state index is 0.0149. The summed E-state index contributed by atoms with van der Waals surface area (Å²) in [6.45, 7) is 1.47. The van der Waals surface area contributed by atoms with Gasteiger partial charge in [-0.3, -0.25) is 0 Å². The first-order chi connectivity index (χ1) is 7.24. The average Bonchev–Trinajstić information content (AvgIpc) is 2.69. The van der Waals surface area contributed by atoms with E-state index in [1.807, 2.05) is 0 Å². The maximum absolute atomic E-state index is 10.2. The molecule has 0 spiro atoms. The Kier molecular flexibility index (Phi) is 2.99. The number of nitrogens with zero attached hydrogens (tertiary/aromatic N) is 2. The molecular weight excluding hydrogens is 198 g/mol. The Morgan fingerprint density at radius 3 is 2.80 bits per heavy atom. The van der Waals surface area contributed by atoms with Crippen molar-refractivity contribution in [3.05, 3.63) is 11.7 Å². The number of aliphatic hydroxyl groups excluding tert-OH is 1. The fraction of sp³-hybridized carbons (Fsp3) is 0.778. The van der Waals surface area contributed by atoms with E-state index in [4.69, 9.17) is 9.63 Å². The largest absolute Gasteiger partial charge is 0.396 e. The summed E-state index contributed by atoms with van der Waals surface area (Å²) in [6, 6.07) is 0. The lowest BCUT2D eigenvalue weighted by Gasteiger charge is -2.28. The monoisotopic (exact) mass is 213 g/mol. The second-order valence-corrected chi connectivity index (χ2v) is 3.77. The predicted octanol–water partition coefficient (Wildman–Crippen LogP) is -0.825. The Bertz CT molecular complexity index is 320. The summed E-state index contributed by atoms with van der Waals surface area (Å²) >= 11 is 0. The molecule has 3 N–H and O–H groups in total. The van der Waals surface area contributed by atoms with Gasteiger partial charge in [-0.2, -0.15) is 4.98 Å². The molecule has 2 rings (SSSR count). The van der Waals surface area contributed by atoms with Crippen LogP contribution in [0.25, 0.3) is 0 Å². The van der Waals surface area contributed by atoms with Crippen molar-refractivity contribution in [3.63, 3.8) is 0 Å². The van der Waals surface area contributed by atoms with Crippen molar-refractivity contribution >= 4 is 0 Å². The van der Waals surface area contributed by atoms with Gasteiger partial charge < -0.3 is 20.1 Å². The molecule has 0 bridgehead atoms. The van der Waals surface area contributed by atoms with Gasteiger partial charge in [0.2, 0.25) is 0 Å². The first-order valence-electron chi connectivity index (χ1n) is 5.12. The van der Waals surface area contributed by atoms with Gasteiger partial charge in [-0.1, -0.05) is 5.16 Å². The van der Waals surface area contributed by atoms with E-state index in [2.05, 4.69) is 15.5 Å². The highest BCUT2D eigenvalue weighted by atomic mass is 16.5. The van der Waals surface area contributed by atoms with Gasteiger partial charge in [0.1, 0.15) is 5.60 Å². The van der Waals surface area contributed by atoms with E-state index >= 15 is 0 Å². The van der Waals surface area contributed by atoms with Crippen molar-refractivity contribution in [1.29, 1.82) is 0 Å². The molecule has 1 saturated heterocycles. The molecule has 0 radical (unpaired) electrons. The van der Waals surface area contributed by atoms with Crippen LogP contribution in [-0.4, -0.2) is 40.1 Å². The summed E-state index contributed by atoms with van der Waals surface area (Å²) in [5, 5.41) is 25.8. The van der Waals surface area contributed by atoms with Crippen molar-refractivity contribution in [2.24, 2.45) is 0 Å². The van der Waals surface area contributed by atoms with Crippen molar-refractivity contribution < 1.29 is 14.7 Å². The molecule has 0 aliphatic carbocycles. The molecule has 6 nitrogen and oxygen atoms in total. The Hall–Kier alpha value is -0.980. The lowest BCUT2D eigenvalue weighted by atomic mass is 9.92. The number of rotatable bonds is 3. The molecule has 15 heavy (non-hydrogen) atoms. The van der Waals surface area contributed by atoms with Gasteiger partial charge >= 0.3 is 0 Å². The molecule has 1 aromatic heterocycles. The highest BCUT2D eigenvalue weighted by Gasteiger charge is 2.36. The Morgan fingerprint density at radius 2 is 2.13 bits per heavy atom. The van der Waals surface area contributed by atoms with Gasteiger partial charge in [0.25, 0.3) is 5.89 Å². The summed E-state index contributed by atoms with van der Waals surface area (Å²) in [7, 11) is 0. The van der Waals surface area contributed by atoms with Crippen molar-refractivity contribution in [2.45, 2.75) is 24.9 Å². The number of aromatic nitrogens is 2. The normalized spacial score (nSPS) is 20.4. The Balaban J connectivity index is 2.12. The molecule has 6 heteroatoms. The first kappa shape index (κ1) is 10.5. The standard InChI is InChI=1S/C9H15N3O3/c13-6-1-7-11-8(15-12-7)9(14)2-4-10-5-3-9/h10,13-14H,1-6H2. The van der Waals surface area contributed by atoms with Crippen molar-refractivity contribution in [1.82, 2.24) is 15.5 Å². The van der Waals surface area contributed by atoms with Gasteiger partial charge in [-0.05, 0) is 25.9 Å². The second kappa shape index (κ2) is 4.26. The molecule has 84 valence electrons. The van der Waals surface area contributed by atoms with Crippen molar-refractivity contribution in [2.75, 3.05) is 19.7 Å². The third kappa shape index (κ3) is 2.17. The highest BCUT2D eigenvalue weighted by Crippen LogP contribution is 2.28. The molecule has 0 amide bonds. The summed E-state index contributed by atoms with van der Waals surface area (Å²) in [6.07, 6.45) is 1.51. The number of aliphatic hydroxyl groups is 2. The number of hydrogen-bond donors (Lipinski definition) is 3. The van der Waals surface area contributed by atoms with Gasteiger partial charge in [-0.25, -0.2) is 0 Å². The van der Waals surface area contributed by atoms with E-state index in [-0.39, 0.29) is 12.5 Å². The molecule has 0 atom stereocenters. The van der Waals surface area contributed by atoms with Gasteiger partial charge in [0, 0.05) is 6.42 Å². The Morgan fingerprint density at radius 1 is 1.40 bits per heavy atom. The highest BCUT2D eigenvalue weighted by molar-refractivity contribution is 5.01.